The number of rotatable bonds is 3. The fourth-order valence-electron chi connectivity index (χ4n) is 3.24. The van der Waals surface area contributed by atoms with Gasteiger partial charge in [-0.1, -0.05) is 25.7 Å². The molecule has 0 aromatic carbocycles. The van der Waals surface area contributed by atoms with Crippen LogP contribution in [-0.4, -0.2) is 23.6 Å². The Morgan fingerprint density at radius 2 is 1.31 bits per heavy atom. The summed E-state index contributed by atoms with van der Waals surface area (Å²) >= 11 is 2.07. The van der Waals surface area contributed by atoms with E-state index in [0.29, 0.717) is 0 Å². The highest BCUT2D eigenvalue weighted by Gasteiger charge is 2.22. The van der Waals surface area contributed by atoms with E-state index in [1.807, 2.05) is 0 Å². The second kappa shape index (κ2) is 6.90. The van der Waals surface area contributed by atoms with Gasteiger partial charge in [-0.3, -0.25) is 0 Å². The molecular weight excluding hydrogens is 214 g/mol. The van der Waals surface area contributed by atoms with Crippen molar-refractivity contribution in [1.82, 2.24) is 5.32 Å². The van der Waals surface area contributed by atoms with E-state index in [2.05, 4.69) is 23.3 Å². The van der Waals surface area contributed by atoms with Gasteiger partial charge in [0.1, 0.15) is 0 Å². The summed E-state index contributed by atoms with van der Waals surface area (Å²) in [5.41, 5.74) is 0. The number of thioether (sulfide) groups is 1. The molecule has 94 valence electrons. The molecule has 0 aliphatic heterocycles. The van der Waals surface area contributed by atoms with Gasteiger partial charge in [0, 0.05) is 17.3 Å². The van der Waals surface area contributed by atoms with Crippen molar-refractivity contribution >= 4 is 11.8 Å². The molecule has 2 saturated carbocycles. The zero-order valence-corrected chi connectivity index (χ0v) is 11.5. The van der Waals surface area contributed by atoms with Gasteiger partial charge in [-0.25, -0.2) is 0 Å². The lowest BCUT2D eigenvalue weighted by Crippen LogP contribution is -2.40. The van der Waals surface area contributed by atoms with Crippen LogP contribution < -0.4 is 5.32 Å². The molecule has 0 radical (unpaired) electrons. The van der Waals surface area contributed by atoms with Crippen LogP contribution in [0.2, 0.25) is 0 Å². The lowest BCUT2D eigenvalue weighted by molar-refractivity contribution is 0.324. The Morgan fingerprint density at radius 1 is 0.750 bits per heavy atom. The van der Waals surface area contributed by atoms with Gasteiger partial charge in [0.15, 0.2) is 0 Å². The molecule has 2 aliphatic rings. The van der Waals surface area contributed by atoms with Crippen LogP contribution in [0.1, 0.15) is 64.2 Å². The van der Waals surface area contributed by atoms with Gasteiger partial charge in [-0.15, -0.1) is 0 Å². The smallest absolute Gasteiger partial charge is 0.00704 e. The van der Waals surface area contributed by atoms with Crippen molar-refractivity contribution in [3.63, 3.8) is 0 Å². The SMILES string of the molecule is CSC1CCC(NC2CCCCCC2)CC1. The number of hydrogen-bond acceptors (Lipinski definition) is 2. The summed E-state index contributed by atoms with van der Waals surface area (Å²) in [5, 5.41) is 4.88. The van der Waals surface area contributed by atoms with Crippen molar-refractivity contribution in [3.05, 3.63) is 0 Å². The monoisotopic (exact) mass is 241 g/mol. The predicted molar refractivity (Wildman–Crippen MR) is 74.2 cm³/mol. The molecule has 1 nitrogen and oxygen atoms in total. The quantitative estimate of drug-likeness (QED) is 0.750. The highest BCUT2D eigenvalue weighted by atomic mass is 32.2. The number of hydrogen-bond donors (Lipinski definition) is 1. The summed E-state index contributed by atoms with van der Waals surface area (Å²) in [4.78, 5) is 0. The molecule has 0 atom stereocenters. The van der Waals surface area contributed by atoms with Crippen LogP contribution >= 0.6 is 11.8 Å². The molecule has 0 bridgehead atoms. The van der Waals surface area contributed by atoms with Crippen LogP contribution in [0.15, 0.2) is 0 Å². The first-order valence-corrected chi connectivity index (χ1v) is 8.46. The average Bonchev–Trinajstić information content (AvgIpc) is 2.59. The molecule has 0 spiro atoms. The molecule has 0 saturated heterocycles. The highest BCUT2D eigenvalue weighted by Crippen LogP contribution is 2.28. The van der Waals surface area contributed by atoms with E-state index in [1.54, 1.807) is 0 Å². The normalized spacial score (nSPS) is 33.6. The van der Waals surface area contributed by atoms with E-state index in [9.17, 15) is 0 Å². The van der Waals surface area contributed by atoms with Crippen LogP contribution in [0.25, 0.3) is 0 Å². The van der Waals surface area contributed by atoms with Gasteiger partial charge in [0.25, 0.3) is 0 Å². The van der Waals surface area contributed by atoms with E-state index in [1.165, 1.54) is 64.2 Å². The molecule has 1 N–H and O–H groups in total. The van der Waals surface area contributed by atoms with Crippen molar-refractivity contribution < 1.29 is 0 Å². The van der Waals surface area contributed by atoms with E-state index >= 15 is 0 Å². The summed E-state index contributed by atoms with van der Waals surface area (Å²) in [6.45, 7) is 0. The molecule has 0 unspecified atom stereocenters. The van der Waals surface area contributed by atoms with Gasteiger partial charge >= 0.3 is 0 Å². The molecule has 0 aromatic heterocycles. The first-order valence-electron chi connectivity index (χ1n) is 7.17. The Kier molecular flexibility index (Phi) is 5.51. The third-order valence-corrected chi connectivity index (χ3v) is 5.47. The summed E-state index contributed by atoms with van der Waals surface area (Å²) < 4.78 is 0. The fraction of sp³-hybridized carbons (Fsp3) is 1.00. The van der Waals surface area contributed by atoms with Crippen LogP contribution in [0.5, 0.6) is 0 Å². The lowest BCUT2D eigenvalue weighted by Gasteiger charge is -2.31. The van der Waals surface area contributed by atoms with Crippen LogP contribution in [0.4, 0.5) is 0 Å². The van der Waals surface area contributed by atoms with Crippen LogP contribution in [-0.2, 0) is 0 Å². The van der Waals surface area contributed by atoms with Gasteiger partial charge in [-0.2, -0.15) is 11.8 Å². The molecule has 2 aliphatic carbocycles. The third kappa shape index (κ3) is 3.96. The molecule has 0 heterocycles. The Bertz CT molecular complexity index is 179. The Hall–Kier alpha value is 0.310. The molecule has 0 aromatic rings. The van der Waals surface area contributed by atoms with Crippen molar-refractivity contribution in [1.29, 1.82) is 0 Å². The van der Waals surface area contributed by atoms with Crippen molar-refractivity contribution in [2.24, 2.45) is 0 Å². The minimum Gasteiger partial charge on any atom is -0.311 e. The second-order valence-electron chi connectivity index (χ2n) is 5.56. The van der Waals surface area contributed by atoms with E-state index < -0.39 is 0 Å². The first-order chi connectivity index (χ1) is 7.88. The molecule has 16 heavy (non-hydrogen) atoms. The second-order valence-corrected chi connectivity index (χ2v) is 6.70. The maximum Gasteiger partial charge on any atom is 0.00704 e. The summed E-state index contributed by atoms with van der Waals surface area (Å²) in [6.07, 6.45) is 16.7. The molecule has 2 rings (SSSR count). The zero-order chi connectivity index (χ0) is 11.2. The largest absolute Gasteiger partial charge is 0.311 e. The maximum absolute atomic E-state index is 3.93. The molecule has 2 fully saturated rings. The van der Waals surface area contributed by atoms with Crippen molar-refractivity contribution in [3.8, 4) is 0 Å². The Labute approximate surface area is 105 Å². The Morgan fingerprint density at radius 3 is 1.88 bits per heavy atom. The maximum atomic E-state index is 3.93. The standard InChI is InChI=1S/C14H27NS/c1-16-14-10-8-13(9-11-14)15-12-6-4-2-3-5-7-12/h12-15H,2-11H2,1H3. The van der Waals surface area contributed by atoms with Crippen molar-refractivity contribution in [2.45, 2.75) is 81.5 Å². The first kappa shape index (κ1) is 12.8. The minimum absolute atomic E-state index is 0.839. The van der Waals surface area contributed by atoms with Gasteiger partial charge in [-0.05, 0) is 44.8 Å². The summed E-state index contributed by atoms with van der Waals surface area (Å²) in [7, 11) is 0. The minimum atomic E-state index is 0.839. The summed E-state index contributed by atoms with van der Waals surface area (Å²) in [5.74, 6) is 0. The zero-order valence-electron chi connectivity index (χ0n) is 10.7. The topological polar surface area (TPSA) is 12.0 Å². The van der Waals surface area contributed by atoms with Crippen molar-refractivity contribution in [2.75, 3.05) is 6.26 Å². The van der Waals surface area contributed by atoms with Crippen LogP contribution in [0, 0.1) is 0 Å². The van der Waals surface area contributed by atoms with E-state index in [0.717, 1.165) is 17.3 Å². The van der Waals surface area contributed by atoms with E-state index in [4.69, 9.17) is 0 Å². The Balaban J connectivity index is 1.69. The highest BCUT2D eigenvalue weighted by molar-refractivity contribution is 7.99. The van der Waals surface area contributed by atoms with Gasteiger partial charge < -0.3 is 5.32 Å². The fourth-order valence-corrected chi connectivity index (χ4v) is 3.99. The molecule has 2 heteroatoms. The average molecular weight is 241 g/mol. The molecule has 0 amide bonds. The number of nitrogens with one attached hydrogen (secondary N) is 1. The van der Waals surface area contributed by atoms with E-state index in [-0.39, 0.29) is 0 Å². The molecular formula is C14H27NS. The van der Waals surface area contributed by atoms with Crippen LogP contribution in [0.3, 0.4) is 0 Å². The predicted octanol–water partition coefficient (Wildman–Crippen LogP) is 3.97. The van der Waals surface area contributed by atoms with Gasteiger partial charge in [0.05, 0.1) is 0 Å². The van der Waals surface area contributed by atoms with Gasteiger partial charge in [0.2, 0.25) is 0 Å². The summed E-state index contributed by atoms with van der Waals surface area (Å²) in [6, 6.07) is 1.69. The third-order valence-electron chi connectivity index (χ3n) is 4.33. The lowest BCUT2D eigenvalue weighted by atomic mass is 9.93.